The van der Waals surface area contributed by atoms with Gasteiger partial charge in [0.05, 0.1) is 6.10 Å². The summed E-state index contributed by atoms with van der Waals surface area (Å²) in [6, 6.07) is 8.26. The van der Waals surface area contributed by atoms with Crippen molar-refractivity contribution in [3.8, 4) is 0 Å². The lowest BCUT2D eigenvalue weighted by molar-refractivity contribution is -0.194. The van der Waals surface area contributed by atoms with E-state index in [1.807, 2.05) is 32.9 Å². The molecule has 0 aromatic heterocycles. The number of ether oxygens (including phenoxy) is 1. The number of carboxylic acid groups (broad SMARTS) is 1. The van der Waals surface area contributed by atoms with Crippen LogP contribution in [-0.2, 0) is 26.2 Å². The number of carbonyl (C=O) groups is 2. The molecule has 150 valence electrons. The van der Waals surface area contributed by atoms with Gasteiger partial charge in [0.2, 0.25) is 5.91 Å². The van der Waals surface area contributed by atoms with E-state index >= 15 is 0 Å². The number of amides is 1. The second-order valence-electron chi connectivity index (χ2n) is 9.08. The van der Waals surface area contributed by atoms with E-state index in [0.29, 0.717) is 19.4 Å². The quantitative estimate of drug-likeness (QED) is 0.762. The minimum absolute atomic E-state index is 0.0939. The Morgan fingerprint density at radius 1 is 1.22 bits per heavy atom. The molecule has 2 N–H and O–H groups in total. The first-order valence-electron chi connectivity index (χ1n) is 9.69. The zero-order chi connectivity index (χ0) is 20.5. The molecule has 0 spiro atoms. The third-order valence-electron chi connectivity index (χ3n) is 5.94. The van der Waals surface area contributed by atoms with Crippen LogP contribution in [0.5, 0.6) is 0 Å². The number of carbonyl (C=O) groups excluding carboxylic acids is 1. The number of hydrogen-bond acceptors (Lipinski definition) is 3. The maximum atomic E-state index is 12.5. The van der Waals surface area contributed by atoms with E-state index in [4.69, 9.17) is 4.74 Å². The number of hydrogen-bond donors (Lipinski definition) is 2. The Balaban J connectivity index is 1.99. The molecule has 0 radical (unpaired) electrons. The molecule has 0 saturated heterocycles. The third kappa shape index (κ3) is 4.18. The van der Waals surface area contributed by atoms with Crippen LogP contribution in [0.3, 0.4) is 0 Å². The molecule has 5 nitrogen and oxygen atoms in total. The van der Waals surface area contributed by atoms with E-state index in [1.165, 1.54) is 5.56 Å². The summed E-state index contributed by atoms with van der Waals surface area (Å²) in [7, 11) is 0. The number of carboxylic acids is 1. The molecule has 1 aromatic rings. The van der Waals surface area contributed by atoms with Crippen molar-refractivity contribution in [1.82, 2.24) is 5.32 Å². The highest BCUT2D eigenvalue weighted by Crippen LogP contribution is 2.51. The fourth-order valence-electron chi connectivity index (χ4n) is 3.77. The van der Waals surface area contributed by atoms with E-state index < -0.39 is 16.9 Å². The van der Waals surface area contributed by atoms with Crippen LogP contribution in [0.2, 0.25) is 0 Å². The first kappa shape index (κ1) is 21.4. The Labute approximate surface area is 162 Å². The Hall–Kier alpha value is -1.88. The lowest BCUT2D eigenvalue weighted by atomic mass is 9.54. The van der Waals surface area contributed by atoms with Gasteiger partial charge in [0.15, 0.2) is 0 Å². The second kappa shape index (κ2) is 7.63. The van der Waals surface area contributed by atoms with Gasteiger partial charge in [0.1, 0.15) is 5.54 Å². The van der Waals surface area contributed by atoms with Gasteiger partial charge in [-0.3, -0.25) is 4.79 Å². The van der Waals surface area contributed by atoms with Crippen molar-refractivity contribution in [3.63, 3.8) is 0 Å². The summed E-state index contributed by atoms with van der Waals surface area (Å²) in [5, 5.41) is 12.6. The van der Waals surface area contributed by atoms with Crippen LogP contribution >= 0.6 is 0 Å². The minimum atomic E-state index is -1.26. The summed E-state index contributed by atoms with van der Waals surface area (Å²) in [5.74, 6) is -1.23. The van der Waals surface area contributed by atoms with E-state index in [9.17, 15) is 14.7 Å². The molecule has 2 unspecified atom stereocenters. The second-order valence-corrected chi connectivity index (χ2v) is 9.08. The van der Waals surface area contributed by atoms with Crippen molar-refractivity contribution in [2.75, 3.05) is 6.61 Å². The van der Waals surface area contributed by atoms with Crippen molar-refractivity contribution in [1.29, 1.82) is 0 Å². The van der Waals surface area contributed by atoms with Gasteiger partial charge in [-0.25, -0.2) is 4.79 Å². The first-order chi connectivity index (χ1) is 12.4. The van der Waals surface area contributed by atoms with Crippen molar-refractivity contribution in [2.24, 2.45) is 5.41 Å². The van der Waals surface area contributed by atoms with E-state index in [1.54, 1.807) is 0 Å². The fraction of sp³-hybridized carbons (Fsp3) is 0.636. The lowest BCUT2D eigenvalue weighted by Gasteiger charge is -2.58. The largest absolute Gasteiger partial charge is 0.479 e. The van der Waals surface area contributed by atoms with Crippen LogP contribution in [0, 0.1) is 5.41 Å². The summed E-state index contributed by atoms with van der Waals surface area (Å²) in [4.78, 5) is 24.4. The van der Waals surface area contributed by atoms with Gasteiger partial charge < -0.3 is 15.2 Å². The Morgan fingerprint density at radius 3 is 2.26 bits per heavy atom. The van der Waals surface area contributed by atoms with Gasteiger partial charge in [0.25, 0.3) is 0 Å². The van der Waals surface area contributed by atoms with Crippen molar-refractivity contribution in [3.05, 3.63) is 35.4 Å². The molecule has 27 heavy (non-hydrogen) atoms. The number of nitrogens with one attached hydrogen (secondary N) is 1. The first-order valence-corrected chi connectivity index (χ1v) is 9.69. The van der Waals surface area contributed by atoms with Crippen LogP contribution in [0.4, 0.5) is 0 Å². The molecule has 1 aromatic carbocycles. The van der Waals surface area contributed by atoms with E-state index in [-0.39, 0.29) is 23.8 Å². The molecule has 1 saturated carbocycles. The predicted molar refractivity (Wildman–Crippen MR) is 106 cm³/mol. The average molecular weight is 376 g/mol. The third-order valence-corrected chi connectivity index (χ3v) is 5.94. The summed E-state index contributed by atoms with van der Waals surface area (Å²) in [6.45, 7) is 12.6. The number of rotatable bonds is 7. The van der Waals surface area contributed by atoms with Gasteiger partial charge in [-0.15, -0.1) is 0 Å². The van der Waals surface area contributed by atoms with Gasteiger partial charge in [-0.05, 0) is 29.9 Å². The van der Waals surface area contributed by atoms with Gasteiger partial charge in [-0.1, -0.05) is 58.9 Å². The maximum Gasteiger partial charge on any atom is 0.330 e. The molecule has 0 bridgehead atoms. The van der Waals surface area contributed by atoms with Crippen LogP contribution < -0.4 is 5.32 Å². The molecular weight excluding hydrogens is 342 g/mol. The Kier molecular flexibility index (Phi) is 6.05. The summed E-state index contributed by atoms with van der Waals surface area (Å²) >= 11 is 0. The standard InChI is InChI=1S/C22H33NO4/c1-7-27-17-14-22(19(25)26,21(17,5)6)23-18(24)13-10-15-8-11-16(12-9-15)20(2,3)4/h8-9,11-12,17H,7,10,13-14H2,1-6H3,(H,23,24)(H,25,26). The topological polar surface area (TPSA) is 75.6 Å². The van der Waals surface area contributed by atoms with Crippen LogP contribution in [0.1, 0.15) is 65.5 Å². The smallest absolute Gasteiger partial charge is 0.330 e. The molecule has 2 atom stereocenters. The molecule has 2 rings (SSSR count). The van der Waals surface area contributed by atoms with Crippen LogP contribution in [-0.4, -0.2) is 35.2 Å². The molecule has 0 aliphatic heterocycles. The molecule has 1 aliphatic carbocycles. The molecule has 1 amide bonds. The minimum Gasteiger partial charge on any atom is -0.479 e. The predicted octanol–water partition coefficient (Wildman–Crippen LogP) is 3.69. The van der Waals surface area contributed by atoms with Crippen molar-refractivity contribution >= 4 is 11.9 Å². The molecular formula is C22H33NO4. The van der Waals surface area contributed by atoms with E-state index in [0.717, 1.165) is 5.56 Å². The van der Waals surface area contributed by atoms with Gasteiger partial charge >= 0.3 is 5.97 Å². The zero-order valence-corrected chi connectivity index (χ0v) is 17.4. The molecule has 1 aliphatic rings. The highest BCUT2D eigenvalue weighted by atomic mass is 16.5. The van der Waals surface area contributed by atoms with Crippen LogP contribution in [0.15, 0.2) is 24.3 Å². The summed E-state index contributed by atoms with van der Waals surface area (Å²) in [5.41, 5.74) is 0.497. The van der Waals surface area contributed by atoms with Crippen molar-refractivity contribution in [2.45, 2.75) is 77.9 Å². The van der Waals surface area contributed by atoms with Crippen LogP contribution in [0.25, 0.3) is 0 Å². The Morgan fingerprint density at radius 2 is 1.81 bits per heavy atom. The monoisotopic (exact) mass is 375 g/mol. The van der Waals surface area contributed by atoms with Gasteiger partial charge in [0, 0.05) is 24.9 Å². The molecule has 0 heterocycles. The lowest BCUT2D eigenvalue weighted by Crippen LogP contribution is -2.76. The summed E-state index contributed by atoms with van der Waals surface area (Å²) in [6.07, 6.45) is 0.985. The number of aryl methyl sites for hydroxylation is 1. The van der Waals surface area contributed by atoms with E-state index in [2.05, 4.69) is 38.2 Å². The van der Waals surface area contributed by atoms with Crippen molar-refractivity contribution < 1.29 is 19.4 Å². The SMILES string of the molecule is CCOC1CC(NC(=O)CCc2ccc(C(C)(C)C)cc2)(C(=O)O)C1(C)C. The Bertz CT molecular complexity index is 687. The zero-order valence-electron chi connectivity index (χ0n) is 17.4. The van der Waals surface area contributed by atoms with Gasteiger partial charge in [-0.2, -0.15) is 0 Å². The average Bonchev–Trinajstić information content (AvgIpc) is 2.58. The molecule has 5 heteroatoms. The number of aliphatic carboxylic acids is 1. The fourth-order valence-corrected chi connectivity index (χ4v) is 3.77. The number of benzene rings is 1. The normalized spacial score (nSPS) is 24.1. The highest BCUT2D eigenvalue weighted by molar-refractivity contribution is 5.89. The summed E-state index contributed by atoms with van der Waals surface area (Å²) < 4.78 is 5.63. The molecule has 1 fully saturated rings. The highest BCUT2D eigenvalue weighted by Gasteiger charge is 2.66. The maximum absolute atomic E-state index is 12.5.